The van der Waals surface area contributed by atoms with Crippen molar-refractivity contribution in [2.45, 2.75) is 0 Å². The van der Waals surface area contributed by atoms with Gasteiger partial charge in [0.2, 0.25) is 5.96 Å². The molecule has 0 aliphatic rings. The Morgan fingerprint density at radius 1 is 1.07 bits per heavy atom. The summed E-state index contributed by atoms with van der Waals surface area (Å²) in [5.41, 5.74) is 11.9. The van der Waals surface area contributed by atoms with E-state index in [1.807, 2.05) is 42.5 Å². The summed E-state index contributed by atoms with van der Waals surface area (Å²) < 4.78 is 10.9. The van der Waals surface area contributed by atoms with Gasteiger partial charge in [-0.25, -0.2) is 0 Å². The van der Waals surface area contributed by atoms with Crippen molar-refractivity contribution < 1.29 is 14.3 Å². The number of guanidine groups is 1. The van der Waals surface area contributed by atoms with Crippen LogP contribution in [0, 0.1) is 0 Å². The Morgan fingerprint density at radius 3 is 2.66 bits per heavy atom. The fourth-order valence-electron chi connectivity index (χ4n) is 2.71. The minimum absolute atomic E-state index is 0.134. The second-order valence-corrected chi connectivity index (χ2v) is 6.04. The largest absolute Gasteiger partial charge is 0.493 e. The summed E-state index contributed by atoms with van der Waals surface area (Å²) in [5, 5.41) is 12.2. The highest BCUT2D eigenvalue weighted by Gasteiger charge is 2.10. The number of hydrogen-bond acceptors (Lipinski definition) is 5. The van der Waals surface area contributed by atoms with Crippen LogP contribution >= 0.6 is 0 Å². The van der Waals surface area contributed by atoms with Crippen LogP contribution in [0.25, 0.3) is 10.8 Å². The van der Waals surface area contributed by atoms with Gasteiger partial charge in [0.15, 0.2) is 18.1 Å². The molecule has 0 saturated heterocycles. The van der Waals surface area contributed by atoms with Gasteiger partial charge < -0.3 is 26.3 Å². The van der Waals surface area contributed by atoms with E-state index >= 15 is 0 Å². The predicted octanol–water partition coefficient (Wildman–Crippen LogP) is 2.47. The lowest BCUT2D eigenvalue weighted by atomic mass is 10.1. The van der Waals surface area contributed by atoms with Crippen LogP contribution in [0.3, 0.4) is 0 Å². The van der Waals surface area contributed by atoms with Gasteiger partial charge in [0.1, 0.15) is 0 Å². The Hall–Kier alpha value is -4.07. The van der Waals surface area contributed by atoms with Gasteiger partial charge in [-0.1, -0.05) is 36.4 Å². The van der Waals surface area contributed by atoms with Crippen LogP contribution in [0.5, 0.6) is 11.5 Å². The maximum absolute atomic E-state index is 12.4. The Bertz CT molecular complexity index is 1070. The van der Waals surface area contributed by atoms with Crippen molar-refractivity contribution in [3.05, 3.63) is 66.2 Å². The standard InChI is InChI=1S/C21H21N5O3/c1-28-19-11-14(12-24-26-21(22)23)9-10-18(19)29-13-20(27)25-17-8-4-6-15-5-2-3-7-16(15)17/h2-12H,13H2,1H3,(H,25,27)(H4,22,23,26). The normalized spacial score (nSPS) is 10.7. The Balaban J connectivity index is 1.66. The molecule has 0 aromatic heterocycles. The van der Waals surface area contributed by atoms with Gasteiger partial charge in [-0.15, -0.1) is 5.10 Å². The van der Waals surface area contributed by atoms with E-state index in [1.165, 1.54) is 13.3 Å². The topological polar surface area (TPSA) is 124 Å². The first-order valence-corrected chi connectivity index (χ1v) is 8.77. The van der Waals surface area contributed by atoms with E-state index in [-0.39, 0.29) is 18.5 Å². The molecule has 0 bridgehead atoms. The molecule has 0 aliphatic carbocycles. The number of carbonyl (C=O) groups is 1. The minimum atomic E-state index is -0.276. The fourth-order valence-corrected chi connectivity index (χ4v) is 2.71. The molecule has 1 amide bonds. The van der Waals surface area contributed by atoms with Crippen molar-refractivity contribution in [3.8, 4) is 11.5 Å². The average molecular weight is 391 g/mol. The first-order valence-electron chi connectivity index (χ1n) is 8.77. The van der Waals surface area contributed by atoms with Crippen LogP contribution in [0.15, 0.2) is 70.9 Å². The molecule has 3 aromatic carbocycles. The third-order valence-electron chi connectivity index (χ3n) is 3.99. The molecular weight excluding hydrogens is 370 g/mol. The summed E-state index contributed by atoms with van der Waals surface area (Å²) in [6, 6.07) is 18.7. The summed E-state index contributed by atoms with van der Waals surface area (Å²) in [7, 11) is 1.51. The molecule has 0 saturated carbocycles. The second-order valence-electron chi connectivity index (χ2n) is 6.04. The highest BCUT2D eigenvalue weighted by molar-refractivity contribution is 6.02. The Labute approximate surface area is 167 Å². The van der Waals surface area contributed by atoms with Crippen molar-refractivity contribution in [1.29, 1.82) is 0 Å². The van der Waals surface area contributed by atoms with Crippen molar-refractivity contribution in [2.75, 3.05) is 19.0 Å². The van der Waals surface area contributed by atoms with Gasteiger partial charge in [-0.3, -0.25) is 4.79 Å². The first-order chi connectivity index (χ1) is 14.1. The number of ether oxygens (including phenoxy) is 2. The number of carbonyl (C=O) groups excluding carboxylic acids is 1. The smallest absolute Gasteiger partial charge is 0.262 e. The molecular formula is C21H21N5O3. The van der Waals surface area contributed by atoms with E-state index in [1.54, 1.807) is 18.2 Å². The van der Waals surface area contributed by atoms with Crippen molar-refractivity contribution in [1.82, 2.24) is 0 Å². The highest BCUT2D eigenvalue weighted by Crippen LogP contribution is 2.28. The molecule has 0 radical (unpaired) electrons. The SMILES string of the molecule is COc1cc(C=NN=C(N)N)ccc1OCC(=O)Nc1cccc2ccccc12. The molecule has 5 N–H and O–H groups in total. The third kappa shape index (κ3) is 5.23. The highest BCUT2D eigenvalue weighted by atomic mass is 16.5. The van der Waals surface area contributed by atoms with E-state index < -0.39 is 0 Å². The molecule has 0 atom stereocenters. The zero-order chi connectivity index (χ0) is 20.6. The second kappa shape index (κ2) is 9.23. The van der Waals surface area contributed by atoms with Crippen LogP contribution in [-0.2, 0) is 4.79 Å². The van der Waals surface area contributed by atoms with Crippen molar-refractivity contribution in [3.63, 3.8) is 0 Å². The summed E-state index contributed by atoms with van der Waals surface area (Å²) in [4.78, 5) is 12.4. The van der Waals surface area contributed by atoms with Crippen molar-refractivity contribution in [2.24, 2.45) is 21.7 Å². The van der Waals surface area contributed by atoms with E-state index in [9.17, 15) is 4.79 Å². The van der Waals surface area contributed by atoms with Gasteiger partial charge in [-0.05, 0) is 35.2 Å². The average Bonchev–Trinajstić information content (AvgIpc) is 2.72. The lowest BCUT2D eigenvalue weighted by molar-refractivity contribution is -0.118. The molecule has 0 aliphatic heterocycles. The predicted molar refractivity (Wildman–Crippen MR) is 114 cm³/mol. The number of nitrogens with zero attached hydrogens (tertiary/aromatic N) is 2. The molecule has 8 heteroatoms. The van der Waals surface area contributed by atoms with Crippen LogP contribution < -0.4 is 26.3 Å². The molecule has 148 valence electrons. The number of nitrogens with one attached hydrogen (secondary N) is 1. The number of nitrogens with two attached hydrogens (primary N) is 2. The molecule has 0 unspecified atom stereocenters. The summed E-state index contributed by atoms with van der Waals surface area (Å²) in [6.07, 6.45) is 1.47. The number of rotatable bonds is 7. The maximum atomic E-state index is 12.4. The summed E-state index contributed by atoms with van der Waals surface area (Å²) >= 11 is 0. The van der Waals surface area contributed by atoms with Gasteiger partial charge >= 0.3 is 0 Å². The van der Waals surface area contributed by atoms with Crippen LogP contribution in [0.1, 0.15) is 5.56 Å². The number of hydrogen-bond donors (Lipinski definition) is 3. The van der Waals surface area contributed by atoms with Gasteiger partial charge in [0.25, 0.3) is 5.91 Å². The molecule has 3 aromatic rings. The van der Waals surface area contributed by atoms with E-state index in [2.05, 4.69) is 15.5 Å². The number of anilines is 1. The lowest BCUT2D eigenvalue weighted by Crippen LogP contribution is -2.21. The van der Waals surface area contributed by atoms with E-state index in [4.69, 9.17) is 20.9 Å². The Kier molecular flexibility index (Phi) is 6.26. The van der Waals surface area contributed by atoms with Gasteiger partial charge in [0.05, 0.1) is 13.3 Å². The summed E-state index contributed by atoms with van der Waals surface area (Å²) in [5.74, 6) is 0.475. The molecule has 0 heterocycles. The summed E-state index contributed by atoms with van der Waals surface area (Å²) in [6.45, 7) is -0.166. The van der Waals surface area contributed by atoms with E-state index in [0.717, 1.165) is 16.5 Å². The number of fused-ring (bicyclic) bond motifs is 1. The van der Waals surface area contributed by atoms with Crippen LogP contribution in [0.2, 0.25) is 0 Å². The van der Waals surface area contributed by atoms with Crippen LogP contribution in [0.4, 0.5) is 5.69 Å². The number of benzene rings is 3. The van der Waals surface area contributed by atoms with E-state index in [0.29, 0.717) is 17.1 Å². The monoisotopic (exact) mass is 391 g/mol. The van der Waals surface area contributed by atoms with Crippen LogP contribution in [-0.4, -0.2) is 31.8 Å². The fraction of sp³-hybridized carbons (Fsp3) is 0.0952. The van der Waals surface area contributed by atoms with Crippen molar-refractivity contribution >= 4 is 34.5 Å². The lowest BCUT2D eigenvalue weighted by Gasteiger charge is -2.12. The van der Waals surface area contributed by atoms with Gasteiger partial charge in [-0.2, -0.15) is 5.10 Å². The maximum Gasteiger partial charge on any atom is 0.262 e. The number of amides is 1. The molecule has 3 rings (SSSR count). The molecule has 0 fully saturated rings. The minimum Gasteiger partial charge on any atom is -0.493 e. The first kappa shape index (κ1) is 19.7. The molecule has 8 nitrogen and oxygen atoms in total. The zero-order valence-electron chi connectivity index (χ0n) is 15.8. The number of methoxy groups -OCH3 is 1. The Morgan fingerprint density at radius 2 is 1.86 bits per heavy atom. The van der Waals surface area contributed by atoms with Gasteiger partial charge in [0, 0.05) is 11.1 Å². The molecule has 0 spiro atoms. The third-order valence-corrected chi connectivity index (χ3v) is 3.99. The zero-order valence-corrected chi connectivity index (χ0v) is 15.8. The molecule has 29 heavy (non-hydrogen) atoms. The quantitative estimate of drug-likeness (QED) is 0.324.